The fourth-order valence-electron chi connectivity index (χ4n) is 4.14. The first-order valence-corrected chi connectivity index (χ1v) is 12.9. The number of aryl methyl sites for hydroxylation is 1. The molecule has 1 aliphatic rings. The third-order valence-electron chi connectivity index (χ3n) is 5.79. The Hall–Kier alpha value is -3.22. The average molecular weight is 510 g/mol. The molecule has 11 nitrogen and oxygen atoms in total. The second kappa shape index (κ2) is 12.5. The average Bonchev–Trinajstić information content (AvgIpc) is 3.05. The number of hydrogen-bond donors (Lipinski definition) is 4. The summed E-state index contributed by atoms with van der Waals surface area (Å²) < 4.78 is 26.8. The van der Waals surface area contributed by atoms with E-state index in [1.165, 1.54) is 6.26 Å². The minimum absolute atomic E-state index is 0.424. The molecule has 35 heavy (non-hydrogen) atoms. The van der Waals surface area contributed by atoms with Crippen molar-refractivity contribution in [2.75, 3.05) is 32.4 Å². The summed E-state index contributed by atoms with van der Waals surface area (Å²) >= 11 is 0. The van der Waals surface area contributed by atoms with Crippen molar-refractivity contribution in [1.29, 1.82) is 0 Å². The molecule has 1 fully saturated rings. The summed E-state index contributed by atoms with van der Waals surface area (Å²) in [6.45, 7) is 2.94. The molecule has 192 valence electrons. The summed E-state index contributed by atoms with van der Waals surface area (Å²) in [4.78, 5) is 33.2. The van der Waals surface area contributed by atoms with E-state index in [9.17, 15) is 27.9 Å². The first-order chi connectivity index (χ1) is 16.4. The number of carbonyl (C=O) groups is 3. The van der Waals surface area contributed by atoms with Gasteiger partial charge in [0.25, 0.3) is 0 Å². The molecule has 0 atom stereocenters. The molecule has 0 amide bonds. The fraction of sp³-hybridized carbons (Fsp3) is 0.435. The molecular weight excluding hydrogens is 478 g/mol. The van der Waals surface area contributed by atoms with Gasteiger partial charge in [-0.25, -0.2) is 27.5 Å². The Morgan fingerprint density at radius 3 is 2.14 bits per heavy atom. The minimum atomic E-state index is -3.14. The van der Waals surface area contributed by atoms with E-state index in [0.29, 0.717) is 36.7 Å². The molecule has 3 rings (SSSR count). The molecule has 1 aromatic carbocycles. The number of likely N-dealkylation sites (tertiary alicyclic amines) is 1. The number of aromatic nitrogens is 1. The smallest absolute Gasteiger partial charge is 0.338 e. The van der Waals surface area contributed by atoms with Crippen LogP contribution in [-0.4, -0.2) is 83.5 Å². The third-order valence-corrected chi connectivity index (χ3v) is 6.52. The van der Waals surface area contributed by atoms with Crippen molar-refractivity contribution in [1.82, 2.24) is 14.2 Å². The van der Waals surface area contributed by atoms with E-state index in [1.54, 1.807) is 0 Å². The number of para-hydroxylation sites is 1. The Labute approximate surface area is 203 Å². The first kappa shape index (κ1) is 28.0. The first-order valence-electron chi connectivity index (χ1n) is 11.0. The van der Waals surface area contributed by atoms with Gasteiger partial charge in [-0.1, -0.05) is 18.2 Å². The van der Waals surface area contributed by atoms with Gasteiger partial charge in [0.15, 0.2) is 0 Å². The van der Waals surface area contributed by atoms with Gasteiger partial charge >= 0.3 is 17.9 Å². The Bertz CT molecular complexity index is 1180. The number of rotatable bonds is 9. The van der Waals surface area contributed by atoms with Gasteiger partial charge in [0.2, 0.25) is 10.0 Å². The number of sulfonamides is 1. The Morgan fingerprint density at radius 2 is 1.63 bits per heavy atom. The van der Waals surface area contributed by atoms with Crippen molar-refractivity contribution in [3.05, 3.63) is 47.7 Å². The van der Waals surface area contributed by atoms with Crippen molar-refractivity contribution < 1.29 is 38.1 Å². The quantitative estimate of drug-likeness (QED) is 0.365. The minimum Gasteiger partial charge on any atom is -0.478 e. The van der Waals surface area contributed by atoms with Crippen molar-refractivity contribution in [3.8, 4) is 0 Å². The summed E-state index contributed by atoms with van der Waals surface area (Å²) in [6.07, 6.45) is 5.01. The van der Waals surface area contributed by atoms with Crippen LogP contribution in [0, 0.1) is 5.92 Å². The number of carboxylic acid groups (broad SMARTS) is 3. The number of carboxylic acids is 3. The Morgan fingerprint density at radius 1 is 1.06 bits per heavy atom. The fourth-order valence-corrected chi connectivity index (χ4v) is 4.61. The summed E-state index contributed by atoms with van der Waals surface area (Å²) in [5, 5.41) is 26.2. The molecule has 0 bridgehead atoms. The molecule has 4 N–H and O–H groups in total. The highest BCUT2D eigenvalue weighted by Gasteiger charge is 2.25. The van der Waals surface area contributed by atoms with Crippen LogP contribution in [0.1, 0.15) is 28.9 Å². The van der Waals surface area contributed by atoms with E-state index < -0.39 is 27.9 Å². The van der Waals surface area contributed by atoms with Crippen molar-refractivity contribution in [2.24, 2.45) is 13.0 Å². The van der Waals surface area contributed by atoms with Crippen LogP contribution in [0.25, 0.3) is 10.9 Å². The van der Waals surface area contributed by atoms with Gasteiger partial charge in [0.1, 0.15) is 0 Å². The second-order valence-electron chi connectivity index (χ2n) is 8.37. The molecule has 1 aromatic heterocycles. The van der Waals surface area contributed by atoms with Gasteiger partial charge in [-0.05, 0) is 44.3 Å². The van der Waals surface area contributed by atoms with E-state index in [4.69, 9.17) is 10.2 Å². The maximum absolute atomic E-state index is 11.9. The third kappa shape index (κ3) is 8.81. The van der Waals surface area contributed by atoms with Crippen molar-refractivity contribution in [2.45, 2.75) is 19.3 Å². The van der Waals surface area contributed by atoms with E-state index in [2.05, 4.69) is 9.62 Å². The van der Waals surface area contributed by atoms with Crippen LogP contribution in [0.2, 0.25) is 0 Å². The maximum Gasteiger partial charge on any atom is 0.338 e. The largest absolute Gasteiger partial charge is 0.478 e. The molecule has 0 spiro atoms. The summed E-state index contributed by atoms with van der Waals surface area (Å²) in [7, 11) is -1.20. The number of nitrogens with zero attached hydrogens (tertiary/aromatic N) is 2. The molecule has 12 heteroatoms. The van der Waals surface area contributed by atoms with Gasteiger partial charge in [0.05, 0.1) is 11.8 Å². The highest BCUT2D eigenvalue weighted by molar-refractivity contribution is 7.88. The Kier molecular flexibility index (Phi) is 9.99. The molecule has 0 unspecified atom stereocenters. The van der Waals surface area contributed by atoms with Gasteiger partial charge < -0.3 is 24.8 Å². The highest BCUT2D eigenvalue weighted by Crippen LogP contribution is 2.30. The van der Waals surface area contributed by atoms with Crippen molar-refractivity contribution >= 4 is 38.8 Å². The number of nitrogens with one attached hydrogen (secondary N) is 1. The SMILES string of the molecule is Cn1c(CC2CCN(CCNS(C)(=O)=O)CC2)c(C(=O)O)c2ccccc21.O=C(O)C=CC(=O)O. The Balaban J connectivity index is 0.000000466. The van der Waals surface area contributed by atoms with Gasteiger partial charge in [0, 0.05) is 48.9 Å². The molecule has 1 saturated heterocycles. The zero-order chi connectivity index (χ0) is 26.2. The maximum atomic E-state index is 11.9. The summed E-state index contributed by atoms with van der Waals surface area (Å²) in [5.74, 6) is -2.95. The van der Waals surface area contributed by atoms with Crippen LogP contribution in [0.4, 0.5) is 0 Å². The normalized spacial score (nSPS) is 15.1. The van der Waals surface area contributed by atoms with Gasteiger partial charge in [-0.2, -0.15) is 0 Å². The van der Waals surface area contributed by atoms with E-state index >= 15 is 0 Å². The highest BCUT2D eigenvalue weighted by atomic mass is 32.2. The molecule has 1 aliphatic heterocycles. The molecule has 2 heterocycles. The number of aliphatic carboxylic acids is 2. The van der Waals surface area contributed by atoms with E-state index in [1.807, 2.05) is 35.9 Å². The van der Waals surface area contributed by atoms with Crippen molar-refractivity contribution in [3.63, 3.8) is 0 Å². The van der Waals surface area contributed by atoms with E-state index in [-0.39, 0.29) is 0 Å². The van der Waals surface area contributed by atoms with Crippen LogP contribution < -0.4 is 4.72 Å². The number of benzene rings is 1. The molecule has 0 saturated carbocycles. The molecule has 2 aromatic rings. The lowest BCUT2D eigenvalue weighted by Gasteiger charge is -2.32. The lowest BCUT2D eigenvalue weighted by Crippen LogP contribution is -2.39. The number of piperidine rings is 1. The van der Waals surface area contributed by atoms with Crippen LogP contribution in [0.3, 0.4) is 0 Å². The number of fused-ring (bicyclic) bond motifs is 1. The van der Waals surface area contributed by atoms with Crippen LogP contribution in [0.15, 0.2) is 36.4 Å². The van der Waals surface area contributed by atoms with Crippen LogP contribution in [-0.2, 0) is 33.1 Å². The molecular formula is C23H31N3O8S. The van der Waals surface area contributed by atoms with E-state index in [0.717, 1.165) is 48.9 Å². The molecule has 0 radical (unpaired) electrons. The monoisotopic (exact) mass is 509 g/mol. The summed E-state index contributed by atoms with van der Waals surface area (Å²) in [5.41, 5.74) is 2.27. The summed E-state index contributed by atoms with van der Waals surface area (Å²) in [6, 6.07) is 7.64. The lowest BCUT2D eigenvalue weighted by atomic mass is 9.90. The number of aromatic carboxylic acids is 1. The second-order valence-corrected chi connectivity index (χ2v) is 10.2. The predicted molar refractivity (Wildman–Crippen MR) is 130 cm³/mol. The molecule has 0 aliphatic carbocycles. The lowest BCUT2D eigenvalue weighted by molar-refractivity contribution is -0.134. The van der Waals surface area contributed by atoms with Gasteiger partial charge in [-0.15, -0.1) is 0 Å². The zero-order valence-electron chi connectivity index (χ0n) is 19.7. The zero-order valence-corrected chi connectivity index (χ0v) is 20.5. The predicted octanol–water partition coefficient (Wildman–Crippen LogP) is 1.39. The standard InChI is InChI=1S/C19H27N3O4S.C4H4O4/c1-21-16-6-4-3-5-15(16)18(19(23)24)17(21)13-14-7-10-22(11-8-14)12-9-20-27(2,25)26;5-3(6)1-2-4(7)8/h3-6,14,20H,7-13H2,1-2H3,(H,23,24);1-2H,(H,5,6)(H,7,8). The van der Waals surface area contributed by atoms with Crippen LogP contribution in [0.5, 0.6) is 0 Å². The number of hydrogen-bond acceptors (Lipinski definition) is 6. The van der Waals surface area contributed by atoms with Crippen LogP contribution >= 0.6 is 0 Å². The topological polar surface area (TPSA) is 166 Å². The van der Waals surface area contributed by atoms with Gasteiger partial charge in [-0.3, -0.25) is 0 Å².